The number of fused-ring (bicyclic) bond motifs is 1. The second-order valence-electron chi connectivity index (χ2n) is 5.55. The summed E-state index contributed by atoms with van der Waals surface area (Å²) in [5.74, 6) is -3.05. The van der Waals surface area contributed by atoms with Gasteiger partial charge in [0.1, 0.15) is 0 Å². The number of thioether (sulfide) groups is 1. The third-order valence-electron chi connectivity index (χ3n) is 3.96. The summed E-state index contributed by atoms with van der Waals surface area (Å²) in [5.41, 5.74) is 1.67. The maximum Gasteiger partial charge on any atom is 0.328 e. The summed E-state index contributed by atoms with van der Waals surface area (Å²) in [6, 6.07) is 9.65. The summed E-state index contributed by atoms with van der Waals surface area (Å²) in [7, 11) is 3.27. The highest BCUT2D eigenvalue weighted by atomic mass is 79.9. The van der Waals surface area contributed by atoms with Gasteiger partial charge in [-0.15, -0.1) is 0 Å². The topological polar surface area (TPSA) is 56.0 Å². The second kappa shape index (κ2) is 7.24. The van der Waals surface area contributed by atoms with Crippen LogP contribution >= 0.6 is 27.7 Å². The van der Waals surface area contributed by atoms with E-state index in [9.17, 15) is 18.4 Å². The molecule has 0 atom stereocenters. The molecule has 2 aromatic carbocycles. The molecule has 0 saturated heterocycles. The lowest BCUT2D eigenvalue weighted by Crippen LogP contribution is -2.19. The van der Waals surface area contributed by atoms with Crippen molar-refractivity contribution in [3.05, 3.63) is 56.9 Å². The Morgan fingerprint density at radius 1 is 1.15 bits per heavy atom. The Balaban J connectivity index is 2.00. The number of carbonyl (C=O) groups is 1. The largest absolute Gasteiger partial charge is 0.328 e. The smallest absolute Gasteiger partial charge is 0.321 e. The zero-order valence-corrected chi connectivity index (χ0v) is 16.2. The maximum absolute atomic E-state index is 12.7. The van der Waals surface area contributed by atoms with Crippen molar-refractivity contribution in [1.82, 2.24) is 9.13 Å². The van der Waals surface area contributed by atoms with Crippen molar-refractivity contribution < 1.29 is 13.6 Å². The molecule has 0 bridgehead atoms. The highest BCUT2D eigenvalue weighted by Gasteiger charge is 2.18. The van der Waals surface area contributed by atoms with Crippen LogP contribution in [0.15, 0.2) is 50.6 Å². The Morgan fingerprint density at radius 2 is 1.77 bits per heavy atom. The minimum absolute atomic E-state index is 0.205. The van der Waals surface area contributed by atoms with Crippen molar-refractivity contribution in [3.63, 3.8) is 0 Å². The summed E-state index contributed by atoms with van der Waals surface area (Å²) in [6.07, 6.45) is 0. The first kappa shape index (κ1) is 18.7. The van der Waals surface area contributed by atoms with Crippen LogP contribution in [0.2, 0.25) is 0 Å². The van der Waals surface area contributed by atoms with E-state index in [1.165, 1.54) is 15.2 Å². The number of rotatable bonds is 4. The van der Waals surface area contributed by atoms with Gasteiger partial charge >= 0.3 is 5.69 Å². The zero-order valence-electron chi connectivity index (χ0n) is 13.8. The molecular weight excluding hydrogens is 428 g/mol. The van der Waals surface area contributed by atoms with Crippen LogP contribution in [0.5, 0.6) is 0 Å². The van der Waals surface area contributed by atoms with Crippen molar-refractivity contribution in [1.29, 1.82) is 0 Å². The van der Waals surface area contributed by atoms with E-state index in [1.54, 1.807) is 44.4 Å². The molecule has 0 fully saturated rings. The molecule has 3 aromatic rings. The van der Waals surface area contributed by atoms with Gasteiger partial charge in [-0.25, -0.2) is 4.79 Å². The number of nitrogens with zero attached hydrogens (tertiary/aromatic N) is 2. The Morgan fingerprint density at radius 3 is 2.42 bits per heavy atom. The number of imidazole rings is 1. The third kappa shape index (κ3) is 3.41. The number of para-hydroxylation sites is 1. The van der Waals surface area contributed by atoms with E-state index < -0.39 is 11.7 Å². The zero-order chi connectivity index (χ0) is 19.0. The highest BCUT2D eigenvalue weighted by molar-refractivity contribution is 9.10. The number of hydrogen-bond acceptors (Lipinski definition) is 3. The number of benzene rings is 2. The van der Waals surface area contributed by atoms with Crippen LogP contribution in [0.3, 0.4) is 0 Å². The second-order valence-corrected chi connectivity index (χ2v) is 7.44. The summed E-state index contributed by atoms with van der Waals surface area (Å²) < 4.78 is 28.8. The molecule has 1 N–H and O–H groups in total. The number of alkyl halides is 2. The molecule has 26 heavy (non-hydrogen) atoms. The SMILES string of the molecule is Cn1c(=O)n(C)c2cc(C(=O)Nc3ccccc3SC(F)F)c(Br)cc21. The predicted octanol–water partition coefficient (Wildman–Crippen LogP) is 4.21. The molecule has 1 aromatic heterocycles. The fourth-order valence-electron chi connectivity index (χ4n) is 2.65. The number of hydrogen-bond donors (Lipinski definition) is 1. The van der Waals surface area contributed by atoms with E-state index in [2.05, 4.69) is 21.2 Å². The molecule has 0 aliphatic carbocycles. The van der Waals surface area contributed by atoms with Crippen molar-refractivity contribution in [2.75, 3.05) is 5.32 Å². The van der Waals surface area contributed by atoms with Crippen LogP contribution in [0.4, 0.5) is 14.5 Å². The highest BCUT2D eigenvalue weighted by Crippen LogP contribution is 2.32. The van der Waals surface area contributed by atoms with Gasteiger partial charge in [0, 0.05) is 23.5 Å². The molecule has 5 nitrogen and oxygen atoms in total. The average molecular weight is 442 g/mol. The summed E-state index contributed by atoms with van der Waals surface area (Å²) in [6.45, 7) is 0. The first-order valence-electron chi connectivity index (χ1n) is 7.49. The molecule has 0 aliphatic heterocycles. The van der Waals surface area contributed by atoms with Gasteiger partial charge in [0.2, 0.25) is 0 Å². The van der Waals surface area contributed by atoms with E-state index in [1.807, 2.05) is 0 Å². The molecule has 1 amide bonds. The number of aryl methyl sites for hydroxylation is 2. The van der Waals surface area contributed by atoms with E-state index in [4.69, 9.17) is 0 Å². The van der Waals surface area contributed by atoms with E-state index in [-0.39, 0.29) is 10.6 Å². The molecule has 0 radical (unpaired) electrons. The van der Waals surface area contributed by atoms with Gasteiger partial charge in [0.05, 0.1) is 22.3 Å². The fourth-order valence-corrected chi connectivity index (χ4v) is 3.76. The fraction of sp³-hybridized carbons (Fsp3) is 0.176. The maximum atomic E-state index is 12.7. The predicted molar refractivity (Wildman–Crippen MR) is 102 cm³/mol. The number of amides is 1. The Hall–Kier alpha value is -2.13. The van der Waals surface area contributed by atoms with E-state index in [0.29, 0.717) is 38.5 Å². The standard InChI is InChI=1S/C17H14BrF2N3O2S/c1-22-12-7-9(10(18)8-13(12)23(2)17(22)25)15(24)21-11-5-3-4-6-14(11)26-16(19)20/h3-8,16H,1-2H3,(H,21,24). The molecule has 1 heterocycles. The molecular formula is C17H14BrF2N3O2S. The van der Waals surface area contributed by atoms with Gasteiger partial charge in [-0.1, -0.05) is 23.9 Å². The molecule has 0 saturated carbocycles. The van der Waals surface area contributed by atoms with Gasteiger partial charge < -0.3 is 5.32 Å². The number of carbonyl (C=O) groups excluding carboxylic acids is 1. The Kier molecular flexibility index (Phi) is 5.19. The number of anilines is 1. The van der Waals surface area contributed by atoms with Crippen LogP contribution in [-0.4, -0.2) is 20.8 Å². The summed E-state index contributed by atoms with van der Waals surface area (Å²) >= 11 is 3.72. The minimum Gasteiger partial charge on any atom is -0.321 e. The minimum atomic E-state index is -2.59. The lowest BCUT2D eigenvalue weighted by atomic mass is 10.1. The number of aromatic nitrogens is 2. The van der Waals surface area contributed by atoms with E-state index in [0.717, 1.165) is 0 Å². The van der Waals surface area contributed by atoms with Gasteiger partial charge in [-0.05, 0) is 40.2 Å². The Labute approximate surface area is 160 Å². The van der Waals surface area contributed by atoms with Gasteiger partial charge in [-0.2, -0.15) is 8.78 Å². The number of halogens is 3. The van der Waals surface area contributed by atoms with Crippen LogP contribution in [0.25, 0.3) is 11.0 Å². The quantitative estimate of drug-likeness (QED) is 0.617. The van der Waals surface area contributed by atoms with Crippen LogP contribution in [-0.2, 0) is 14.1 Å². The van der Waals surface area contributed by atoms with Crippen LogP contribution < -0.4 is 11.0 Å². The average Bonchev–Trinajstić information content (AvgIpc) is 2.79. The molecule has 136 valence electrons. The lowest BCUT2D eigenvalue weighted by molar-refractivity contribution is 0.102. The molecule has 3 rings (SSSR count). The van der Waals surface area contributed by atoms with Crippen molar-refractivity contribution in [2.45, 2.75) is 10.7 Å². The van der Waals surface area contributed by atoms with Crippen LogP contribution in [0, 0.1) is 0 Å². The molecule has 0 aliphatic rings. The van der Waals surface area contributed by atoms with Gasteiger partial charge in [-0.3, -0.25) is 13.9 Å². The van der Waals surface area contributed by atoms with Gasteiger partial charge in [0.15, 0.2) is 0 Å². The van der Waals surface area contributed by atoms with Gasteiger partial charge in [0.25, 0.3) is 11.7 Å². The Bertz CT molecular complexity index is 1060. The third-order valence-corrected chi connectivity index (χ3v) is 5.40. The first-order chi connectivity index (χ1) is 12.3. The normalized spacial score (nSPS) is 11.3. The lowest BCUT2D eigenvalue weighted by Gasteiger charge is -2.11. The molecule has 0 unspecified atom stereocenters. The van der Waals surface area contributed by atoms with Crippen molar-refractivity contribution in [2.24, 2.45) is 14.1 Å². The monoisotopic (exact) mass is 441 g/mol. The first-order valence-corrected chi connectivity index (χ1v) is 9.17. The summed E-state index contributed by atoms with van der Waals surface area (Å²) in [4.78, 5) is 25.0. The number of nitrogens with one attached hydrogen (secondary N) is 1. The molecule has 9 heteroatoms. The van der Waals surface area contributed by atoms with Crippen LogP contribution in [0.1, 0.15) is 10.4 Å². The van der Waals surface area contributed by atoms with Crippen molar-refractivity contribution >= 4 is 50.3 Å². The van der Waals surface area contributed by atoms with Crippen molar-refractivity contribution in [3.8, 4) is 0 Å². The molecule has 0 spiro atoms. The van der Waals surface area contributed by atoms with E-state index >= 15 is 0 Å². The summed E-state index contributed by atoms with van der Waals surface area (Å²) in [5, 5.41) is 2.66.